The topological polar surface area (TPSA) is 15.7 Å². The number of hydrogen-bond donors (Lipinski definition) is 0. The van der Waals surface area contributed by atoms with E-state index in [1.165, 1.54) is 37.9 Å². The summed E-state index contributed by atoms with van der Waals surface area (Å²) in [5.41, 5.74) is 2.18. The Labute approximate surface area is 186 Å². The molecular weight excluding hydrogens is 368 g/mol. The average Bonchev–Trinajstić information content (AvgIpc) is 2.68. The predicted molar refractivity (Wildman–Crippen MR) is 128 cm³/mol. The molecule has 2 fully saturated rings. The van der Waals surface area contributed by atoms with Gasteiger partial charge in [0.15, 0.2) is 0 Å². The number of likely N-dealkylation sites (tertiary alicyclic amines) is 1. The summed E-state index contributed by atoms with van der Waals surface area (Å²) in [6.07, 6.45) is 4.20. The minimum atomic E-state index is 0.187. The van der Waals surface area contributed by atoms with Gasteiger partial charge in [-0.2, -0.15) is 0 Å². The van der Waals surface area contributed by atoms with E-state index in [-0.39, 0.29) is 11.0 Å². The summed E-state index contributed by atoms with van der Waals surface area (Å²) >= 11 is 0. The van der Waals surface area contributed by atoms with Crippen LogP contribution in [0.4, 0.5) is 0 Å². The van der Waals surface area contributed by atoms with Crippen LogP contribution in [0.1, 0.15) is 73.3 Å². The summed E-state index contributed by atoms with van der Waals surface area (Å²) in [5, 5.41) is 0. The van der Waals surface area contributed by atoms with E-state index in [2.05, 4.69) is 88.6 Å². The summed E-state index contributed by atoms with van der Waals surface area (Å²) in [4.78, 5) is 5.33. The van der Waals surface area contributed by atoms with E-state index in [4.69, 9.17) is 4.74 Å². The molecule has 2 atom stereocenters. The predicted octanol–water partition coefficient (Wildman–Crippen LogP) is 5.59. The average molecular weight is 415 g/mol. The van der Waals surface area contributed by atoms with E-state index in [9.17, 15) is 0 Å². The highest BCUT2D eigenvalue weighted by Gasteiger charge is 2.38. The first-order chi connectivity index (χ1) is 14.0. The van der Waals surface area contributed by atoms with E-state index in [0.717, 1.165) is 32.2 Å². The fourth-order valence-corrected chi connectivity index (χ4v) is 5.58. The molecule has 3 rings (SSSR count). The Kier molecular flexibility index (Phi) is 7.37. The molecule has 0 radical (unpaired) electrons. The molecule has 3 heteroatoms. The molecule has 0 amide bonds. The van der Waals surface area contributed by atoms with Gasteiger partial charge in [-0.05, 0) is 63.5 Å². The molecule has 170 valence electrons. The van der Waals surface area contributed by atoms with Crippen LogP contribution in [-0.4, -0.2) is 60.8 Å². The lowest BCUT2D eigenvalue weighted by atomic mass is 9.70. The Morgan fingerprint density at radius 3 is 2.30 bits per heavy atom. The molecule has 2 aliphatic heterocycles. The van der Waals surface area contributed by atoms with E-state index in [0.29, 0.717) is 11.5 Å². The van der Waals surface area contributed by atoms with Crippen LogP contribution in [0.15, 0.2) is 30.3 Å². The van der Waals surface area contributed by atoms with E-state index in [1.807, 2.05) is 0 Å². The second kappa shape index (κ2) is 9.30. The van der Waals surface area contributed by atoms with E-state index >= 15 is 0 Å². The molecule has 0 saturated carbocycles. The van der Waals surface area contributed by atoms with E-state index in [1.54, 1.807) is 0 Å². The molecule has 0 aromatic heterocycles. The first-order valence-electron chi connectivity index (χ1n) is 12.1. The molecular formula is C27H46N2O. The van der Waals surface area contributed by atoms with Crippen molar-refractivity contribution in [3.05, 3.63) is 35.9 Å². The highest BCUT2D eigenvalue weighted by atomic mass is 16.5. The van der Waals surface area contributed by atoms with Crippen molar-refractivity contribution in [1.82, 2.24) is 9.80 Å². The fraction of sp³-hybridized carbons (Fsp3) is 0.778. The second-order valence-electron chi connectivity index (χ2n) is 12.1. The Bertz CT molecular complexity index is 661. The molecule has 0 N–H and O–H groups in total. The zero-order valence-corrected chi connectivity index (χ0v) is 20.7. The van der Waals surface area contributed by atoms with Crippen molar-refractivity contribution in [2.75, 3.05) is 39.3 Å². The SMILES string of the molecule is CC(C)(CN1CCCC(C(C)(C)CC2CN(C(C)(C)C)CCO2)C1)c1ccccc1. The summed E-state index contributed by atoms with van der Waals surface area (Å²) in [6.45, 7) is 23.4. The minimum absolute atomic E-state index is 0.187. The van der Waals surface area contributed by atoms with Crippen LogP contribution >= 0.6 is 0 Å². The third-order valence-electron chi connectivity index (χ3n) is 7.63. The monoisotopic (exact) mass is 414 g/mol. The van der Waals surface area contributed by atoms with Crippen LogP contribution in [0.25, 0.3) is 0 Å². The number of hydrogen-bond acceptors (Lipinski definition) is 3. The minimum Gasteiger partial charge on any atom is -0.376 e. The van der Waals surface area contributed by atoms with Crippen LogP contribution in [0, 0.1) is 11.3 Å². The summed E-state index contributed by atoms with van der Waals surface area (Å²) in [6, 6.07) is 11.0. The Hall–Kier alpha value is -0.900. The highest BCUT2D eigenvalue weighted by Crippen LogP contribution is 2.40. The standard InChI is InChI=1S/C27H46N2O/c1-25(2,3)29-16-17-30-24(20-29)18-26(4,5)23-14-11-15-28(19-23)21-27(6,7)22-12-9-8-10-13-22/h8-10,12-13,23-24H,11,14-21H2,1-7H3. The van der Waals surface area contributed by atoms with Crippen LogP contribution in [-0.2, 0) is 10.2 Å². The normalized spacial score (nSPS) is 25.4. The van der Waals surface area contributed by atoms with Gasteiger partial charge in [-0.3, -0.25) is 4.90 Å². The summed E-state index contributed by atoms with van der Waals surface area (Å²) in [5.74, 6) is 0.742. The maximum Gasteiger partial charge on any atom is 0.0708 e. The number of morpholine rings is 1. The molecule has 2 unspecified atom stereocenters. The second-order valence-corrected chi connectivity index (χ2v) is 12.1. The molecule has 2 saturated heterocycles. The van der Waals surface area contributed by atoms with Crippen LogP contribution in [0.3, 0.4) is 0 Å². The lowest BCUT2D eigenvalue weighted by molar-refractivity contribution is -0.0817. The van der Waals surface area contributed by atoms with Crippen molar-refractivity contribution in [3.8, 4) is 0 Å². The number of ether oxygens (including phenoxy) is 1. The molecule has 2 aliphatic rings. The van der Waals surface area contributed by atoms with Crippen molar-refractivity contribution >= 4 is 0 Å². The summed E-state index contributed by atoms with van der Waals surface area (Å²) < 4.78 is 6.24. The zero-order valence-electron chi connectivity index (χ0n) is 20.7. The molecule has 0 aliphatic carbocycles. The first-order valence-corrected chi connectivity index (χ1v) is 12.1. The van der Waals surface area contributed by atoms with Gasteiger partial charge in [0.25, 0.3) is 0 Å². The lowest BCUT2D eigenvalue weighted by Gasteiger charge is -2.47. The van der Waals surface area contributed by atoms with Gasteiger partial charge in [0.2, 0.25) is 0 Å². The number of benzene rings is 1. The third-order valence-corrected chi connectivity index (χ3v) is 7.63. The zero-order chi connectivity index (χ0) is 22.0. The van der Waals surface area contributed by atoms with Crippen molar-refractivity contribution in [1.29, 1.82) is 0 Å². The first kappa shape index (κ1) is 23.8. The Balaban J connectivity index is 1.59. The Morgan fingerprint density at radius 1 is 0.933 bits per heavy atom. The van der Waals surface area contributed by atoms with Crippen molar-refractivity contribution in [2.24, 2.45) is 11.3 Å². The van der Waals surface area contributed by atoms with Gasteiger partial charge in [0, 0.05) is 37.1 Å². The van der Waals surface area contributed by atoms with Crippen molar-refractivity contribution < 1.29 is 4.74 Å². The van der Waals surface area contributed by atoms with Gasteiger partial charge in [0.05, 0.1) is 12.7 Å². The van der Waals surface area contributed by atoms with Crippen LogP contribution in [0.2, 0.25) is 0 Å². The van der Waals surface area contributed by atoms with Crippen LogP contribution < -0.4 is 0 Å². The highest BCUT2D eigenvalue weighted by molar-refractivity contribution is 5.24. The molecule has 30 heavy (non-hydrogen) atoms. The molecule has 1 aromatic rings. The molecule has 0 bridgehead atoms. The summed E-state index contributed by atoms with van der Waals surface area (Å²) in [7, 11) is 0. The van der Waals surface area contributed by atoms with Crippen molar-refractivity contribution in [3.63, 3.8) is 0 Å². The van der Waals surface area contributed by atoms with Gasteiger partial charge in [-0.15, -0.1) is 0 Å². The number of nitrogens with zero attached hydrogens (tertiary/aromatic N) is 2. The molecule has 1 aromatic carbocycles. The molecule has 0 spiro atoms. The number of piperidine rings is 1. The largest absolute Gasteiger partial charge is 0.376 e. The lowest BCUT2D eigenvalue weighted by Crippen LogP contribution is -2.53. The van der Waals surface area contributed by atoms with Crippen molar-refractivity contribution in [2.45, 2.75) is 84.8 Å². The van der Waals surface area contributed by atoms with Gasteiger partial charge in [0.1, 0.15) is 0 Å². The Morgan fingerprint density at radius 2 is 1.63 bits per heavy atom. The molecule has 3 nitrogen and oxygen atoms in total. The van der Waals surface area contributed by atoms with Gasteiger partial charge in [-0.25, -0.2) is 0 Å². The molecule has 2 heterocycles. The maximum absolute atomic E-state index is 6.24. The maximum atomic E-state index is 6.24. The van der Waals surface area contributed by atoms with E-state index < -0.39 is 0 Å². The quantitative estimate of drug-likeness (QED) is 0.603. The van der Waals surface area contributed by atoms with Gasteiger partial charge < -0.3 is 9.64 Å². The fourth-order valence-electron chi connectivity index (χ4n) is 5.58. The van der Waals surface area contributed by atoms with Gasteiger partial charge >= 0.3 is 0 Å². The third kappa shape index (κ3) is 6.08. The van der Waals surface area contributed by atoms with Gasteiger partial charge in [-0.1, -0.05) is 58.0 Å². The number of rotatable bonds is 6. The van der Waals surface area contributed by atoms with Crippen LogP contribution in [0.5, 0.6) is 0 Å². The smallest absolute Gasteiger partial charge is 0.0708 e.